The first kappa shape index (κ1) is 19.5. The maximum atomic E-state index is 12.7. The number of hydrogen-bond donors (Lipinski definition) is 3. The molecule has 1 atom stereocenters. The smallest absolute Gasteiger partial charge is 0.253 e. The van der Waals surface area contributed by atoms with E-state index in [1.54, 1.807) is 6.92 Å². The number of sulfonamides is 1. The number of carbonyl (C=O) groups is 2. The van der Waals surface area contributed by atoms with Gasteiger partial charge in [-0.15, -0.1) is 0 Å². The predicted octanol–water partition coefficient (Wildman–Crippen LogP) is 2.04. The predicted molar refractivity (Wildman–Crippen MR) is 100 cm³/mol. The molecule has 26 heavy (non-hydrogen) atoms. The number of nitrogens with one attached hydrogen (secondary N) is 2. The molecule has 8 heteroatoms. The van der Waals surface area contributed by atoms with Gasteiger partial charge < -0.3 is 11.1 Å². The zero-order chi connectivity index (χ0) is 19.3. The Hall–Kier alpha value is -2.87. The van der Waals surface area contributed by atoms with Crippen molar-refractivity contribution in [3.63, 3.8) is 0 Å². The third-order valence-corrected chi connectivity index (χ3v) is 5.13. The van der Waals surface area contributed by atoms with Gasteiger partial charge in [-0.1, -0.05) is 36.4 Å². The van der Waals surface area contributed by atoms with Crippen LogP contribution in [0.25, 0.3) is 0 Å². The first-order valence-corrected chi connectivity index (χ1v) is 9.69. The van der Waals surface area contributed by atoms with E-state index in [2.05, 4.69) is 10.0 Å². The SMILES string of the molecule is CCS(=O)(=O)Nc1c(C(N)=O)cccc1C(=O)NC(C)c1ccccc1. The molecule has 0 aromatic heterocycles. The molecule has 2 aromatic rings. The van der Waals surface area contributed by atoms with E-state index in [9.17, 15) is 18.0 Å². The molecule has 2 aromatic carbocycles. The second-order valence-corrected chi connectivity index (χ2v) is 7.71. The number of carbonyl (C=O) groups excluding carboxylic acids is 2. The van der Waals surface area contributed by atoms with Crippen molar-refractivity contribution in [3.8, 4) is 0 Å². The molecule has 1 unspecified atom stereocenters. The van der Waals surface area contributed by atoms with E-state index in [0.717, 1.165) is 5.56 Å². The molecule has 0 aliphatic carbocycles. The van der Waals surface area contributed by atoms with Crippen LogP contribution >= 0.6 is 0 Å². The summed E-state index contributed by atoms with van der Waals surface area (Å²) in [6.07, 6.45) is 0. The molecule has 7 nitrogen and oxygen atoms in total. The Balaban J connectivity index is 2.40. The van der Waals surface area contributed by atoms with E-state index in [0.29, 0.717) is 0 Å². The monoisotopic (exact) mass is 375 g/mol. The Kier molecular flexibility index (Phi) is 5.99. The van der Waals surface area contributed by atoms with Gasteiger partial charge in [0.2, 0.25) is 10.0 Å². The molecule has 0 aliphatic rings. The molecule has 0 radical (unpaired) electrons. The standard InChI is InChI=1S/C18H21N3O4S/c1-3-26(24,25)21-16-14(17(19)22)10-7-11-15(16)18(23)20-12(2)13-8-5-4-6-9-13/h4-12,21H,3H2,1-2H3,(H2,19,22)(H,20,23). The lowest BCUT2D eigenvalue weighted by atomic mass is 10.0. The van der Waals surface area contributed by atoms with Gasteiger partial charge >= 0.3 is 0 Å². The van der Waals surface area contributed by atoms with Crippen LogP contribution < -0.4 is 15.8 Å². The quantitative estimate of drug-likeness (QED) is 0.686. The Labute approximate surface area is 152 Å². The third kappa shape index (κ3) is 4.60. The van der Waals surface area contributed by atoms with Gasteiger partial charge in [0, 0.05) is 0 Å². The van der Waals surface area contributed by atoms with Gasteiger partial charge in [0.15, 0.2) is 0 Å². The van der Waals surface area contributed by atoms with Crippen LogP contribution in [0.3, 0.4) is 0 Å². The summed E-state index contributed by atoms with van der Waals surface area (Å²) in [6.45, 7) is 3.26. The molecule has 0 fully saturated rings. The minimum atomic E-state index is -3.70. The van der Waals surface area contributed by atoms with Crippen LogP contribution in [0.15, 0.2) is 48.5 Å². The lowest BCUT2D eigenvalue weighted by molar-refractivity contribution is 0.0940. The summed E-state index contributed by atoms with van der Waals surface area (Å²) in [5.41, 5.74) is 6.07. The number of para-hydroxylation sites is 1. The van der Waals surface area contributed by atoms with E-state index >= 15 is 0 Å². The lowest BCUT2D eigenvalue weighted by Crippen LogP contribution is -2.29. The van der Waals surface area contributed by atoms with Gasteiger partial charge in [-0.05, 0) is 31.5 Å². The second kappa shape index (κ2) is 8.01. The molecule has 0 spiro atoms. The number of nitrogens with two attached hydrogens (primary N) is 1. The van der Waals surface area contributed by atoms with Crippen LogP contribution in [0, 0.1) is 0 Å². The van der Waals surface area contributed by atoms with Crippen LogP contribution in [0.5, 0.6) is 0 Å². The highest BCUT2D eigenvalue weighted by atomic mass is 32.2. The van der Waals surface area contributed by atoms with Crippen LogP contribution in [-0.2, 0) is 10.0 Å². The number of benzene rings is 2. The molecule has 4 N–H and O–H groups in total. The highest BCUT2D eigenvalue weighted by Gasteiger charge is 2.22. The molecular formula is C18H21N3O4S. The van der Waals surface area contributed by atoms with Crippen molar-refractivity contribution in [1.82, 2.24) is 5.32 Å². The van der Waals surface area contributed by atoms with Crippen molar-refractivity contribution >= 4 is 27.5 Å². The zero-order valence-electron chi connectivity index (χ0n) is 14.5. The summed E-state index contributed by atoms with van der Waals surface area (Å²) in [7, 11) is -3.70. The Morgan fingerprint density at radius 2 is 1.65 bits per heavy atom. The Bertz CT molecular complexity index is 911. The van der Waals surface area contributed by atoms with Crippen molar-refractivity contribution in [2.75, 3.05) is 10.5 Å². The van der Waals surface area contributed by atoms with E-state index in [-0.39, 0.29) is 28.6 Å². The largest absolute Gasteiger partial charge is 0.366 e. The van der Waals surface area contributed by atoms with Gasteiger partial charge in [-0.3, -0.25) is 14.3 Å². The fraction of sp³-hybridized carbons (Fsp3) is 0.222. The minimum Gasteiger partial charge on any atom is -0.366 e. The molecule has 0 heterocycles. The normalized spacial score (nSPS) is 12.2. The fourth-order valence-corrected chi connectivity index (χ4v) is 3.06. The van der Waals surface area contributed by atoms with Crippen LogP contribution in [0.1, 0.15) is 46.2 Å². The summed E-state index contributed by atoms with van der Waals surface area (Å²) < 4.78 is 26.2. The summed E-state index contributed by atoms with van der Waals surface area (Å²) >= 11 is 0. The molecule has 0 bridgehead atoms. The average molecular weight is 375 g/mol. The highest BCUT2D eigenvalue weighted by molar-refractivity contribution is 7.92. The molecule has 0 saturated heterocycles. The zero-order valence-corrected chi connectivity index (χ0v) is 15.3. The van der Waals surface area contributed by atoms with E-state index in [1.807, 2.05) is 30.3 Å². The number of amides is 2. The van der Waals surface area contributed by atoms with Crippen LogP contribution in [0.4, 0.5) is 5.69 Å². The van der Waals surface area contributed by atoms with Crippen molar-refractivity contribution in [1.29, 1.82) is 0 Å². The fourth-order valence-electron chi connectivity index (χ4n) is 2.38. The summed E-state index contributed by atoms with van der Waals surface area (Å²) in [6, 6.07) is 13.3. The van der Waals surface area contributed by atoms with Gasteiger partial charge in [-0.2, -0.15) is 0 Å². The van der Waals surface area contributed by atoms with Crippen molar-refractivity contribution in [2.24, 2.45) is 5.73 Å². The average Bonchev–Trinajstić information content (AvgIpc) is 2.62. The van der Waals surface area contributed by atoms with E-state index < -0.39 is 21.8 Å². The number of anilines is 1. The first-order chi connectivity index (χ1) is 12.2. The molecular weight excluding hydrogens is 354 g/mol. The number of primary amides is 1. The first-order valence-electron chi connectivity index (χ1n) is 8.04. The molecule has 0 saturated carbocycles. The van der Waals surface area contributed by atoms with Crippen molar-refractivity contribution < 1.29 is 18.0 Å². The summed E-state index contributed by atoms with van der Waals surface area (Å²) in [5, 5.41) is 2.80. The maximum Gasteiger partial charge on any atom is 0.253 e. The molecule has 0 aliphatic heterocycles. The maximum absolute atomic E-state index is 12.7. The van der Waals surface area contributed by atoms with Crippen LogP contribution in [-0.4, -0.2) is 26.0 Å². The van der Waals surface area contributed by atoms with Gasteiger partial charge in [-0.25, -0.2) is 8.42 Å². The second-order valence-electron chi connectivity index (χ2n) is 5.70. The molecule has 2 rings (SSSR count). The number of hydrogen-bond acceptors (Lipinski definition) is 4. The van der Waals surface area contributed by atoms with Gasteiger partial charge in [0.05, 0.1) is 28.6 Å². The van der Waals surface area contributed by atoms with E-state index in [4.69, 9.17) is 5.73 Å². The van der Waals surface area contributed by atoms with Crippen molar-refractivity contribution in [3.05, 3.63) is 65.2 Å². The highest BCUT2D eigenvalue weighted by Crippen LogP contribution is 2.24. The van der Waals surface area contributed by atoms with Crippen molar-refractivity contribution in [2.45, 2.75) is 19.9 Å². The lowest BCUT2D eigenvalue weighted by Gasteiger charge is -2.18. The molecule has 138 valence electrons. The topological polar surface area (TPSA) is 118 Å². The van der Waals surface area contributed by atoms with Gasteiger partial charge in [0.25, 0.3) is 11.8 Å². The Morgan fingerprint density at radius 1 is 1.04 bits per heavy atom. The minimum absolute atomic E-state index is 0.0288. The molecule has 2 amide bonds. The van der Waals surface area contributed by atoms with Crippen LogP contribution in [0.2, 0.25) is 0 Å². The number of rotatable bonds is 7. The van der Waals surface area contributed by atoms with Gasteiger partial charge in [0.1, 0.15) is 0 Å². The summed E-state index contributed by atoms with van der Waals surface area (Å²) in [4.78, 5) is 24.4. The summed E-state index contributed by atoms with van der Waals surface area (Å²) in [5.74, 6) is -1.55. The third-order valence-electron chi connectivity index (χ3n) is 3.86. The Morgan fingerprint density at radius 3 is 2.23 bits per heavy atom. The van der Waals surface area contributed by atoms with E-state index in [1.165, 1.54) is 25.1 Å².